The van der Waals surface area contributed by atoms with E-state index < -0.39 is 0 Å². The van der Waals surface area contributed by atoms with E-state index in [4.69, 9.17) is 9.47 Å². The molecule has 1 aliphatic carbocycles. The third-order valence-electron chi connectivity index (χ3n) is 4.42. The quantitative estimate of drug-likeness (QED) is 0.794. The first-order valence-corrected chi connectivity index (χ1v) is 7.53. The number of hydrogen-bond acceptors (Lipinski definition) is 4. The summed E-state index contributed by atoms with van der Waals surface area (Å²) < 4.78 is 11.1. The summed E-state index contributed by atoms with van der Waals surface area (Å²) in [5.74, 6) is -0.206. The zero-order valence-corrected chi connectivity index (χ0v) is 12.4. The van der Waals surface area contributed by atoms with E-state index in [0.29, 0.717) is 18.6 Å². The summed E-state index contributed by atoms with van der Waals surface area (Å²) in [5, 5.41) is 3.30. The van der Waals surface area contributed by atoms with Gasteiger partial charge >= 0.3 is 5.97 Å². The maximum atomic E-state index is 12.2. The van der Waals surface area contributed by atoms with Crippen molar-refractivity contribution in [3.8, 4) is 0 Å². The lowest BCUT2D eigenvalue weighted by Gasteiger charge is -2.34. The Labute approximate surface area is 116 Å². The Balaban J connectivity index is 1.81. The van der Waals surface area contributed by atoms with Crippen molar-refractivity contribution in [2.24, 2.45) is 11.3 Å². The molecule has 0 spiro atoms. The topological polar surface area (TPSA) is 47.6 Å². The summed E-state index contributed by atoms with van der Waals surface area (Å²) in [6.07, 6.45) is 4.39. The number of esters is 1. The van der Waals surface area contributed by atoms with E-state index in [1.165, 1.54) is 0 Å². The van der Waals surface area contributed by atoms with Crippen molar-refractivity contribution in [3.05, 3.63) is 0 Å². The van der Waals surface area contributed by atoms with Crippen molar-refractivity contribution in [1.82, 2.24) is 5.32 Å². The molecular formula is C15H27NO3. The van der Waals surface area contributed by atoms with Gasteiger partial charge in [-0.3, -0.25) is 4.79 Å². The fourth-order valence-electron chi connectivity index (χ4n) is 2.99. The van der Waals surface area contributed by atoms with Crippen molar-refractivity contribution in [3.63, 3.8) is 0 Å². The van der Waals surface area contributed by atoms with Gasteiger partial charge in [-0.05, 0) is 37.6 Å². The average molecular weight is 269 g/mol. The lowest BCUT2D eigenvalue weighted by atomic mass is 9.76. The molecule has 2 unspecified atom stereocenters. The van der Waals surface area contributed by atoms with E-state index in [9.17, 15) is 4.79 Å². The molecule has 0 aromatic rings. The maximum Gasteiger partial charge on any atom is 0.313 e. The third kappa shape index (κ3) is 3.93. The molecule has 1 saturated carbocycles. The molecule has 1 heterocycles. The smallest absolute Gasteiger partial charge is 0.313 e. The summed E-state index contributed by atoms with van der Waals surface area (Å²) in [4.78, 5) is 12.2. The fraction of sp³-hybridized carbons (Fsp3) is 0.933. The van der Waals surface area contributed by atoms with Gasteiger partial charge in [0.25, 0.3) is 0 Å². The van der Waals surface area contributed by atoms with Crippen LogP contribution in [0.1, 0.15) is 46.5 Å². The van der Waals surface area contributed by atoms with E-state index in [1.54, 1.807) is 0 Å². The molecule has 4 nitrogen and oxygen atoms in total. The van der Waals surface area contributed by atoms with E-state index in [-0.39, 0.29) is 24.0 Å². The van der Waals surface area contributed by atoms with Crippen LogP contribution in [0.2, 0.25) is 0 Å². The molecule has 19 heavy (non-hydrogen) atoms. The number of ether oxygens (including phenoxy) is 2. The Hall–Kier alpha value is -0.610. The molecular weight excluding hydrogens is 242 g/mol. The molecule has 0 amide bonds. The highest BCUT2D eigenvalue weighted by molar-refractivity contribution is 5.74. The van der Waals surface area contributed by atoms with Crippen molar-refractivity contribution in [2.75, 3.05) is 19.8 Å². The molecule has 0 bridgehead atoms. The van der Waals surface area contributed by atoms with E-state index in [0.717, 1.165) is 32.2 Å². The Morgan fingerprint density at radius 1 is 1.32 bits per heavy atom. The molecule has 0 aromatic heterocycles. The second kappa shape index (κ2) is 6.23. The second-order valence-corrected chi connectivity index (χ2v) is 6.61. The van der Waals surface area contributed by atoms with Gasteiger partial charge in [0.2, 0.25) is 0 Å². The zero-order valence-electron chi connectivity index (χ0n) is 12.4. The first-order valence-electron chi connectivity index (χ1n) is 7.53. The van der Waals surface area contributed by atoms with Crippen LogP contribution in [0.15, 0.2) is 0 Å². The highest BCUT2D eigenvalue weighted by Gasteiger charge is 2.37. The highest BCUT2D eigenvalue weighted by atomic mass is 16.5. The standard InChI is InChI=1S/C15H27NO3/c1-4-16-13-10-18-9-12(13)14(17)19-11-5-7-15(2,3)8-6-11/h11-13,16H,4-10H2,1-3H3. The Bertz CT molecular complexity index is 307. The Kier molecular flexibility index (Phi) is 4.85. The van der Waals surface area contributed by atoms with Crippen LogP contribution >= 0.6 is 0 Å². The first kappa shape index (κ1) is 14.8. The molecule has 1 aliphatic heterocycles. The van der Waals surface area contributed by atoms with Gasteiger partial charge < -0.3 is 14.8 Å². The van der Waals surface area contributed by atoms with Gasteiger partial charge in [0.15, 0.2) is 0 Å². The SMILES string of the molecule is CCNC1COCC1C(=O)OC1CCC(C)(C)CC1. The van der Waals surface area contributed by atoms with Crippen molar-refractivity contribution in [2.45, 2.75) is 58.6 Å². The molecule has 110 valence electrons. The molecule has 0 aromatic carbocycles. The van der Waals surface area contributed by atoms with Crippen LogP contribution in [0.5, 0.6) is 0 Å². The van der Waals surface area contributed by atoms with Crippen LogP contribution < -0.4 is 5.32 Å². The number of hydrogen-bond donors (Lipinski definition) is 1. The van der Waals surface area contributed by atoms with Crippen molar-refractivity contribution >= 4 is 5.97 Å². The Morgan fingerprint density at radius 3 is 2.63 bits per heavy atom. The summed E-state index contributed by atoms with van der Waals surface area (Å²) >= 11 is 0. The minimum Gasteiger partial charge on any atom is -0.462 e. The largest absolute Gasteiger partial charge is 0.462 e. The molecule has 2 aliphatic rings. The van der Waals surface area contributed by atoms with Crippen LogP contribution in [0, 0.1) is 11.3 Å². The molecule has 2 atom stereocenters. The summed E-state index contributed by atoms with van der Waals surface area (Å²) in [5.41, 5.74) is 0.408. The maximum absolute atomic E-state index is 12.2. The third-order valence-corrected chi connectivity index (χ3v) is 4.42. The zero-order chi connectivity index (χ0) is 13.9. The summed E-state index contributed by atoms with van der Waals surface area (Å²) in [6.45, 7) is 8.59. The normalized spacial score (nSPS) is 31.3. The molecule has 1 saturated heterocycles. The fourth-order valence-corrected chi connectivity index (χ4v) is 2.99. The van der Waals surface area contributed by atoms with Crippen LogP contribution in [0.3, 0.4) is 0 Å². The first-order chi connectivity index (χ1) is 9.02. The monoisotopic (exact) mass is 269 g/mol. The lowest BCUT2D eigenvalue weighted by molar-refractivity contribution is -0.157. The van der Waals surface area contributed by atoms with Gasteiger partial charge in [-0.1, -0.05) is 20.8 Å². The molecule has 2 fully saturated rings. The van der Waals surface area contributed by atoms with Gasteiger partial charge in [0.05, 0.1) is 19.1 Å². The van der Waals surface area contributed by atoms with Gasteiger partial charge in [-0.15, -0.1) is 0 Å². The van der Waals surface area contributed by atoms with Crippen LogP contribution in [0.25, 0.3) is 0 Å². The van der Waals surface area contributed by atoms with Crippen LogP contribution in [0.4, 0.5) is 0 Å². The van der Waals surface area contributed by atoms with Crippen LogP contribution in [-0.2, 0) is 14.3 Å². The minimum absolute atomic E-state index is 0.0758. The van der Waals surface area contributed by atoms with Gasteiger partial charge in [-0.2, -0.15) is 0 Å². The van der Waals surface area contributed by atoms with Crippen LogP contribution in [-0.4, -0.2) is 37.9 Å². The summed E-state index contributed by atoms with van der Waals surface area (Å²) in [6, 6.07) is 0.123. The second-order valence-electron chi connectivity index (χ2n) is 6.61. The highest BCUT2D eigenvalue weighted by Crippen LogP contribution is 2.36. The average Bonchev–Trinajstić information content (AvgIpc) is 2.81. The predicted octanol–water partition coefficient (Wildman–Crippen LogP) is 2.12. The van der Waals surface area contributed by atoms with Gasteiger partial charge in [0.1, 0.15) is 6.10 Å². The minimum atomic E-state index is -0.130. The molecule has 0 radical (unpaired) electrons. The van der Waals surface area contributed by atoms with E-state index in [1.807, 2.05) is 6.92 Å². The number of carbonyl (C=O) groups is 1. The lowest BCUT2D eigenvalue weighted by Crippen LogP contribution is -2.41. The van der Waals surface area contributed by atoms with Gasteiger partial charge in [-0.25, -0.2) is 0 Å². The predicted molar refractivity (Wildman–Crippen MR) is 73.9 cm³/mol. The number of nitrogens with one attached hydrogen (secondary N) is 1. The molecule has 1 N–H and O–H groups in total. The van der Waals surface area contributed by atoms with E-state index >= 15 is 0 Å². The molecule has 4 heteroatoms. The van der Waals surface area contributed by atoms with Crippen molar-refractivity contribution < 1.29 is 14.3 Å². The van der Waals surface area contributed by atoms with Crippen molar-refractivity contribution in [1.29, 1.82) is 0 Å². The number of carbonyl (C=O) groups excluding carboxylic acids is 1. The number of rotatable bonds is 4. The number of likely N-dealkylation sites (N-methyl/N-ethyl adjacent to an activating group) is 1. The van der Waals surface area contributed by atoms with E-state index in [2.05, 4.69) is 19.2 Å². The van der Waals surface area contributed by atoms with Gasteiger partial charge in [0, 0.05) is 6.04 Å². The molecule has 2 rings (SSSR count). The summed E-state index contributed by atoms with van der Waals surface area (Å²) in [7, 11) is 0. The Morgan fingerprint density at radius 2 is 2.00 bits per heavy atom.